The van der Waals surface area contributed by atoms with Crippen LogP contribution in [0.15, 0.2) is 22.7 Å². The van der Waals surface area contributed by atoms with Crippen LogP contribution in [0.25, 0.3) is 0 Å². The predicted octanol–water partition coefficient (Wildman–Crippen LogP) is 2.22. The Morgan fingerprint density at radius 3 is 2.70 bits per heavy atom. The Hall–Kier alpha value is -0.630. The van der Waals surface area contributed by atoms with Gasteiger partial charge in [-0.1, -0.05) is 15.9 Å². The molecule has 0 bridgehead atoms. The summed E-state index contributed by atoms with van der Waals surface area (Å²) >= 11 is 3.30. The molecule has 1 aromatic rings. The largest absolute Gasteiger partial charge is 0.285 e. The summed E-state index contributed by atoms with van der Waals surface area (Å²) in [6, 6.07) is 5.46. The molecule has 0 heterocycles. The number of halogens is 1. The van der Waals surface area contributed by atoms with Gasteiger partial charge in [-0.2, -0.15) is 0 Å². The van der Waals surface area contributed by atoms with Crippen molar-refractivity contribution in [2.45, 2.75) is 6.92 Å². The van der Waals surface area contributed by atoms with Crippen LogP contribution >= 0.6 is 15.9 Å². The molecule has 0 saturated carbocycles. The zero-order valence-electron chi connectivity index (χ0n) is 5.52. The Morgan fingerprint density at radius 1 is 1.50 bits per heavy atom. The molecule has 1 radical (unpaired) electrons. The van der Waals surface area contributed by atoms with Crippen molar-refractivity contribution in [2.75, 3.05) is 0 Å². The maximum atomic E-state index is 10.2. The lowest BCUT2D eigenvalue weighted by molar-refractivity contribution is 0.562. The normalized spacial score (nSPS) is 9.40. The molecule has 0 unspecified atom stereocenters. The molecule has 0 amide bonds. The second-order valence-corrected chi connectivity index (χ2v) is 2.98. The minimum atomic E-state index is 0.628. The SMILES string of the molecule is Cc1cc(Br)ccc1[C]=O. The lowest BCUT2D eigenvalue weighted by Crippen LogP contribution is -1.84. The Kier molecular flexibility index (Phi) is 2.22. The van der Waals surface area contributed by atoms with Crippen molar-refractivity contribution in [2.24, 2.45) is 0 Å². The first-order valence-corrected chi connectivity index (χ1v) is 3.67. The number of carbonyl (C=O) groups excluding carboxylic acids is 1. The summed E-state index contributed by atoms with van der Waals surface area (Å²) < 4.78 is 0.990. The topological polar surface area (TPSA) is 17.1 Å². The first-order chi connectivity index (χ1) is 4.74. The average Bonchev–Trinajstić information content (AvgIpc) is 1.88. The monoisotopic (exact) mass is 197 g/mol. The molecule has 1 aromatic carbocycles. The summed E-state index contributed by atoms with van der Waals surface area (Å²) in [7, 11) is 0. The highest BCUT2D eigenvalue weighted by Crippen LogP contribution is 2.13. The molecule has 2 heteroatoms. The third-order valence-corrected chi connectivity index (χ3v) is 1.79. The van der Waals surface area contributed by atoms with E-state index in [4.69, 9.17) is 0 Å². The lowest BCUT2D eigenvalue weighted by atomic mass is 10.1. The van der Waals surface area contributed by atoms with Gasteiger partial charge in [0.05, 0.1) is 0 Å². The average molecular weight is 198 g/mol. The van der Waals surface area contributed by atoms with Gasteiger partial charge in [-0.15, -0.1) is 0 Å². The summed E-state index contributed by atoms with van der Waals surface area (Å²) in [5, 5.41) is 0. The van der Waals surface area contributed by atoms with Gasteiger partial charge < -0.3 is 0 Å². The van der Waals surface area contributed by atoms with Gasteiger partial charge >= 0.3 is 0 Å². The van der Waals surface area contributed by atoms with Gasteiger partial charge in [0.15, 0.2) is 0 Å². The summed E-state index contributed by atoms with van der Waals surface area (Å²) in [4.78, 5) is 10.2. The van der Waals surface area contributed by atoms with Crippen LogP contribution in [0.2, 0.25) is 0 Å². The highest BCUT2D eigenvalue weighted by Gasteiger charge is 1.95. The van der Waals surface area contributed by atoms with E-state index in [0.29, 0.717) is 5.56 Å². The van der Waals surface area contributed by atoms with Gasteiger partial charge in [-0.25, -0.2) is 0 Å². The van der Waals surface area contributed by atoms with E-state index >= 15 is 0 Å². The number of hydrogen-bond acceptors (Lipinski definition) is 1. The molecule has 0 aromatic heterocycles. The van der Waals surface area contributed by atoms with Gasteiger partial charge in [0.1, 0.15) is 0 Å². The molecule has 0 aliphatic carbocycles. The van der Waals surface area contributed by atoms with Gasteiger partial charge in [0.2, 0.25) is 6.29 Å². The zero-order chi connectivity index (χ0) is 7.56. The van der Waals surface area contributed by atoms with E-state index in [1.54, 1.807) is 6.07 Å². The Balaban J connectivity index is 3.19. The van der Waals surface area contributed by atoms with Gasteiger partial charge in [-0.05, 0) is 30.7 Å². The minimum Gasteiger partial charge on any atom is -0.285 e. The Morgan fingerprint density at radius 2 is 2.20 bits per heavy atom. The van der Waals surface area contributed by atoms with Gasteiger partial charge in [0.25, 0.3) is 0 Å². The first-order valence-electron chi connectivity index (χ1n) is 2.88. The molecule has 0 spiro atoms. The molecule has 0 aliphatic heterocycles. The standard InChI is InChI=1S/C8H6BrO/c1-6-4-8(9)3-2-7(6)5-10/h2-4H,1H3. The van der Waals surface area contributed by atoms with Crippen LogP contribution in [-0.2, 0) is 4.79 Å². The van der Waals surface area contributed by atoms with Crippen LogP contribution in [0, 0.1) is 6.92 Å². The Bertz CT molecular complexity index is 255. The molecule has 0 atom stereocenters. The van der Waals surface area contributed by atoms with Crippen LogP contribution in [0.1, 0.15) is 11.1 Å². The number of rotatable bonds is 1. The molecule has 0 saturated heterocycles. The van der Waals surface area contributed by atoms with Crippen molar-refractivity contribution in [3.05, 3.63) is 33.8 Å². The quantitative estimate of drug-likeness (QED) is 0.676. The molecule has 1 nitrogen and oxygen atoms in total. The fraction of sp³-hybridized carbons (Fsp3) is 0.125. The maximum Gasteiger partial charge on any atom is 0.233 e. The third kappa shape index (κ3) is 1.45. The van der Waals surface area contributed by atoms with E-state index in [1.807, 2.05) is 25.3 Å². The van der Waals surface area contributed by atoms with E-state index in [0.717, 1.165) is 10.0 Å². The van der Waals surface area contributed by atoms with Crippen molar-refractivity contribution in [3.8, 4) is 0 Å². The molecule has 0 aliphatic rings. The van der Waals surface area contributed by atoms with Gasteiger partial charge in [0, 0.05) is 10.0 Å². The molecule has 1 rings (SSSR count). The smallest absolute Gasteiger partial charge is 0.233 e. The molecular formula is C8H6BrO. The maximum absolute atomic E-state index is 10.2. The van der Waals surface area contributed by atoms with Crippen LogP contribution in [0.4, 0.5) is 0 Å². The fourth-order valence-electron chi connectivity index (χ4n) is 0.742. The first kappa shape index (κ1) is 7.48. The second kappa shape index (κ2) is 2.97. The summed E-state index contributed by atoms with van der Waals surface area (Å²) in [6.45, 7) is 1.88. The van der Waals surface area contributed by atoms with E-state index in [9.17, 15) is 4.79 Å². The van der Waals surface area contributed by atoms with E-state index in [1.165, 1.54) is 0 Å². The van der Waals surface area contributed by atoms with Crippen molar-refractivity contribution in [1.82, 2.24) is 0 Å². The van der Waals surface area contributed by atoms with Crippen LogP contribution in [0.5, 0.6) is 0 Å². The molecule has 51 valence electrons. The second-order valence-electron chi connectivity index (χ2n) is 2.06. The van der Waals surface area contributed by atoms with E-state index < -0.39 is 0 Å². The fourth-order valence-corrected chi connectivity index (χ4v) is 1.22. The van der Waals surface area contributed by atoms with Crippen molar-refractivity contribution < 1.29 is 4.79 Å². The summed E-state index contributed by atoms with van der Waals surface area (Å²) in [6.07, 6.45) is 1.85. The molecular weight excluding hydrogens is 192 g/mol. The molecule has 10 heavy (non-hydrogen) atoms. The molecule has 0 N–H and O–H groups in total. The van der Waals surface area contributed by atoms with E-state index in [2.05, 4.69) is 15.9 Å². The number of aryl methyl sites for hydroxylation is 1. The highest BCUT2D eigenvalue weighted by molar-refractivity contribution is 9.10. The number of benzene rings is 1. The third-order valence-electron chi connectivity index (χ3n) is 1.30. The summed E-state index contributed by atoms with van der Waals surface area (Å²) in [5.41, 5.74) is 1.58. The minimum absolute atomic E-state index is 0.628. The Labute approximate surface area is 68.2 Å². The predicted molar refractivity (Wildman–Crippen MR) is 43.7 cm³/mol. The van der Waals surface area contributed by atoms with E-state index in [-0.39, 0.29) is 0 Å². The van der Waals surface area contributed by atoms with Crippen LogP contribution < -0.4 is 0 Å². The van der Waals surface area contributed by atoms with Crippen LogP contribution in [0.3, 0.4) is 0 Å². The highest BCUT2D eigenvalue weighted by atomic mass is 79.9. The zero-order valence-corrected chi connectivity index (χ0v) is 7.10. The molecule has 0 fully saturated rings. The summed E-state index contributed by atoms with van der Waals surface area (Å²) in [5.74, 6) is 0. The lowest BCUT2D eigenvalue weighted by Gasteiger charge is -1.95. The van der Waals surface area contributed by atoms with Gasteiger partial charge in [-0.3, -0.25) is 4.79 Å². The van der Waals surface area contributed by atoms with Crippen molar-refractivity contribution in [3.63, 3.8) is 0 Å². The van der Waals surface area contributed by atoms with Crippen molar-refractivity contribution >= 4 is 22.2 Å². The van der Waals surface area contributed by atoms with Crippen molar-refractivity contribution in [1.29, 1.82) is 0 Å². The number of hydrogen-bond donors (Lipinski definition) is 0. The van der Waals surface area contributed by atoms with Crippen LogP contribution in [-0.4, -0.2) is 6.29 Å².